The summed E-state index contributed by atoms with van der Waals surface area (Å²) >= 11 is 0. The Morgan fingerprint density at radius 2 is 1.86 bits per heavy atom. The number of aliphatic hydroxyl groups excluding tert-OH is 3. The number of hydrogen-bond acceptors (Lipinski definition) is 7. The largest absolute Gasteiger partial charge is 0.507 e. The number of aliphatic hydroxyl groups is 3. The molecule has 0 heterocycles. The van der Waals surface area contributed by atoms with Gasteiger partial charge in [-0.3, -0.25) is 14.4 Å². The molecule has 0 radical (unpaired) electrons. The summed E-state index contributed by atoms with van der Waals surface area (Å²) in [6.45, 7) is 10.1. The van der Waals surface area contributed by atoms with Crippen LogP contribution in [0.2, 0.25) is 0 Å². The predicted molar refractivity (Wildman–Crippen MR) is 104 cm³/mol. The highest BCUT2D eigenvalue weighted by Gasteiger charge is 2.64. The summed E-state index contributed by atoms with van der Waals surface area (Å²) in [7, 11) is 0. The zero-order valence-corrected chi connectivity index (χ0v) is 17.2. The number of allylic oxidation sites excluding steroid dienone is 3. The molecule has 7 heteroatoms. The van der Waals surface area contributed by atoms with Crippen LogP contribution in [-0.4, -0.2) is 51.2 Å². The van der Waals surface area contributed by atoms with Crippen molar-refractivity contribution in [3.63, 3.8) is 0 Å². The van der Waals surface area contributed by atoms with Crippen LogP contribution >= 0.6 is 0 Å². The van der Waals surface area contributed by atoms with Crippen molar-refractivity contribution in [3.05, 3.63) is 35.1 Å². The lowest BCUT2D eigenvalue weighted by Gasteiger charge is -2.59. The van der Waals surface area contributed by atoms with E-state index >= 15 is 0 Å². The lowest BCUT2D eigenvalue weighted by Crippen LogP contribution is -2.63. The van der Waals surface area contributed by atoms with Gasteiger partial charge in [-0.15, -0.1) is 6.58 Å². The van der Waals surface area contributed by atoms with E-state index < -0.39 is 58.4 Å². The Hall–Kier alpha value is -2.25. The molecule has 0 aromatic carbocycles. The number of ketones is 2. The maximum absolute atomic E-state index is 13.1. The highest BCUT2D eigenvalue weighted by atomic mass is 16.6. The Balaban J connectivity index is 2.33. The molecule has 5 unspecified atom stereocenters. The van der Waals surface area contributed by atoms with Crippen molar-refractivity contribution in [3.8, 4) is 0 Å². The molecule has 29 heavy (non-hydrogen) atoms. The van der Waals surface area contributed by atoms with E-state index in [1.807, 2.05) is 0 Å². The second-order valence-corrected chi connectivity index (χ2v) is 9.06. The molecule has 7 nitrogen and oxygen atoms in total. The first-order valence-electron chi connectivity index (χ1n) is 9.80. The SMILES string of the molecule is C=CCC1=C(O)C2=C(C(=O)C1=O)C1(C)CCC(O)C(C)(C)C1C(OC(C)=O)C2O. The van der Waals surface area contributed by atoms with Crippen molar-refractivity contribution >= 4 is 17.5 Å². The number of carbonyl (C=O) groups excluding carboxylic acids is 3. The molecule has 3 aliphatic rings. The van der Waals surface area contributed by atoms with Crippen molar-refractivity contribution in [2.45, 2.75) is 65.3 Å². The number of fused-ring (bicyclic) bond motifs is 2. The number of hydrogen-bond donors (Lipinski definition) is 3. The molecule has 0 aromatic heterocycles. The van der Waals surface area contributed by atoms with Crippen LogP contribution in [0.1, 0.15) is 47.0 Å². The smallest absolute Gasteiger partial charge is 0.303 e. The van der Waals surface area contributed by atoms with Gasteiger partial charge in [-0.1, -0.05) is 26.8 Å². The van der Waals surface area contributed by atoms with Crippen molar-refractivity contribution in [2.75, 3.05) is 0 Å². The lowest BCUT2D eigenvalue weighted by atomic mass is 9.46. The summed E-state index contributed by atoms with van der Waals surface area (Å²) in [5.74, 6) is -3.29. The fourth-order valence-electron chi connectivity index (χ4n) is 5.68. The third-order valence-corrected chi connectivity index (χ3v) is 6.96. The van der Waals surface area contributed by atoms with Gasteiger partial charge < -0.3 is 20.1 Å². The van der Waals surface area contributed by atoms with Crippen molar-refractivity contribution < 1.29 is 34.4 Å². The second kappa shape index (κ2) is 6.92. The standard InChI is InChI=1S/C22H28O7/c1-6-7-11-15(25)13-14(18(28)16(11)26)22(5)9-8-12(24)21(3,4)20(22)19(17(13)27)29-10(2)23/h6,12,17,19-20,24-25,27H,1,7-9H2,2-5H3. The van der Waals surface area contributed by atoms with Crippen molar-refractivity contribution in [1.82, 2.24) is 0 Å². The first-order valence-corrected chi connectivity index (χ1v) is 9.80. The maximum atomic E-state index is 13.1. The molecule has 158 valence electrons. The Morgan fingerprint density at radius 3 is 2.41 bits per heavy atom. The summed E-state index contributed by atoms with van der Waals surface area (Å²) in [5, 5.41) is 32.6. The molecular weight excluding hydrogens is 376 g/mol. The first-order chi connectivity index (χ1) is 13.4. The van der Waals surface area contributed by atoms with E-state index in [0.29, 0.717) is 12.8 Å². The van der Waals surface area contributed by atoms with Gasteiger partial charge in [0.15, 0.2) is 0 Å². The quantitative estimate of drug-likeness (QED) is 0.284. The van der Waals surface area contributed by atoms with Crippen LogP contribution in [0.5, 0.6) is 0 Å². The number of ether oxygens (including phenoxy) is 1. The molecule has 0 aliphatic heterocycles. The molecule has 5 atom stereocenters. The Labute approximate surface area is 169 Å². The fourth-order valence-corrected chi connectivity index (χ4v) is 5.68. The van der Waals surface area contributed by atoms with E-state index in [9.17, 15) is 29.7 Å². The van der Waals surface area contributed by atoms with Gasteiger partial charge in [0.05, 0.1) is 6.10 Å². The van der Waals surface area contributed by atoms with Gasteiger partial charge in [-0.05, 0) is 24.7 Å². The Bertz CT molecular complexity index is 862. The minimum Gasteiger partial charge on any atom is -0.507 e. The average Bonchev–Trinajstić information content (AvgIpc) is 2.62. The second-order valence-electron chi connectivity index (χ2n) is 9.06. The highest BCUT2D eigenvalue weighted by Crippen LogP contribution is 2.61. The zero-order chi connectivity index (χ0) is 21.9. The summed E-state index contributed by atoms with van der Waals surface area (Å²) < 4.78 is 5.49. The number of esters is 1. The monoisotopic (exact) mass is 404 g/mol. The normalized spacial score (nSPS) is 36.5. The summed E-state index contributed by atoms with van der Waals surface area (Å²) in [5.41, 5.74) is -1.91. The Morgan fingerprint density at radius 1 is 1.24 bits per heavy atom. The molecule has 3 rings (SSSR count). The van der Waals surface area contributed by atoms with Gasteiger partial charge in [0.1, 0.15) is 18.0 Å². The van der Waals surface area contributed by atoms with E-state index in [0.717, 1.165) is 0 Å². The number of carbonyl (C=O) groups is 3. The van der Waals surface area contributed by atoms with Crippen LogP contribution in [0.3, 0.4) is 0 Å². The highest BCUT2D eigenvalue weighted by molar-refractivity contribution is 6.50. The van der Waals surface area contributed by atoms with Crippen LogP contribution in [-0.2, 0) is 19.1 Å². The van der Waals surface area contributed by atoms with Gasteiger partial charge >= 0.3 is 5.97 Å². The van der Waals surface area contributed by atoms with Gasteiger partial charge in [0.2, 0.25) is 11.6 Å². The third-order valence-electron chi connectivity index (χ3n) is 6.96. The summed E-state index contributed by atoms with van der Waals surface area (Å²) in [6.07, 6.45) is -1.26. The van der Waals surface area contributed by atoms with E-state index in [2.05, 4.69) is 6.58 Å². The van der Waals surface area contributed by atoms with Crippen molar-refractivity contribution in [1.29, 1.82) is 0 Å². The van der Waals surface area contributed by atoms with Gasteiger partial charge in [0.25, 0.3) is 0 Å². The van der Waals surface area contributed by atoms with Gasteiger partial charge in [-0.25, -0.2) is 0 Å². The lowest BCUT2D eigenvalue weighted by molar-refractivity contribution is -0.188. The molecule has 3 N–H and O–H groups in total. The molecule has 0 aromatic rings. The maximum Gasteiger partial charge on any atom is 0.303 e. The van der Waals surface area contributed by atoms with E-state index in [1.54, 1.807) is 20.8 Å². The van der Waals surface area contributed by atoms with Crippen LogP contribution in [0.15, 0.2) is 35.1 Å². The van der Waals surface area contributed by atoms with E-state index in [1.165, 1.54) is 13.0 Å². The number of Topliss-reactive ketones (excluding diaryl/α,β-unsaturated/α-hetero) is 2. The van der Waals surface area contributed by atoms with Crippen molar-refractivity contribution in [2.24, 2.45) is 16.7 Å². The first kappa shape index (κ1) is 21.5. The predicted octanol–water partition coefficient (Wildman–Crippen LogP) is 1.93. The molecule has 0 amide bonds. The molecule has 0 spiro atoms. The van der Waals surface area contributed by atoms with E-state index in [-0.39, 0.29) is 23.1 Å². The summed E-state index contributed by atoms with van der Waals surface area (Å²) in [6, 6.07) is 0. The van der Waals surface area contributed by atoms with Gasteiger partial charge in [0, 0.05) is 35.0 Å². The zero-order valence-electron chi connectivity index (χ0n) is 17.2. The van der Waals surface area contributed by atoms with Crippen LogP contribution in [0.4, 0.5) is 0 Å². The molecule has 0 saturated heterocycles. The average molecular weight is 404 g/mol. The minimum absolute atomic E-state index is 0.0253. The minimum atomic E-state index is -1.51. The topological polar surface area (TPSA) is 121 Å². The fraction of sp³-hybridized carbons (Fsp3) is 0.591. The molecule has 3 aliphatic carbocycles. The summed E-state index contributed by atoms with van der Waals surface area (Å²) in [4.78, 5) is 37.7. The molecule has 0 bridgehead atoms. The molecular formula is C22H28O7. The van der Waals surface area contributed by atoms with Crippen LogP contribution < -0.4 is 0 Å². The Kier molecular flexibility index (Phi) is 5.12. The molecule has 1 saturated carbocycles. The molecule has 1 fully saturated rings. The van der Waals surface area contributed by atoms with Crippen LogP contribution in [0.25, 0.3) is 0 Å². The number of rotatable bonds is 3. The third kappa shape index (κ3) is 2.90. The van der Waals surface area contributed by atoms with Gasteiger partial charge in [-0.2, -0.15) is 0 Å². The van der Waals surface area contributed by atoms with E-state index in [4.69, 9.17) is 4.74 Å². The van der Waals surface area contributed by atoms with Crippen LogP contribution in [0, 0.1) is 16.7 Å².